The first-order valence-electron chi connectivity index (χ1n) is 7.78. The van der Waals surface area contributed by atoms with Gasteiger partial charge in [-0.25, -0.2) is 0 Å². The highest BCUT2D eigenvalue weighted by atomic mass is 16.3. The lowest BCUT2D eigenvalue weighted by molar-refractivity contribution is -0.00173. The number of rotatable bonds is 2. The van der Waals surface area contributed by atoms with Gasteiger partial charge in [-0.05, 0) is 57.9 Å². The predicted octanol–water partition coefficient (Wildman–Crippen LogP) is 3.50. The van der Waals surface area contributed by atoms with Gasteiger partial charge in [0.25, 0.3) is 0 Å². The van der Waals surface area contributed by atoms with Crippen molar-refractivity contribution < 1.29 is 5.11 Å². The highest BCUT2D eigenvalue weighted by Gasteiger charge is 2.35. The molecule has 0 saturated carbocycles. The third-order valence-corrected chi connectivity index (χ3v) is 4.74. The highest BCUT2D eigenvalue weighted by molar-refractivity contribution is 5.18. The van der Waals surface area contributed by atoms with E-state index in [1.807, 2.05) is 0 Å². The summed E-state index contributed by atoms with van der Waals surface area (Å²) in [5, 5.41) is 10.9. The highest BCUT2D eigenvalue weighted by Crippen LogP contribution is 2.34. The Bertz CT molecular complexity index is 287. The van der Waals surface area contributed by atoms with Crippen LogP contribution in [0.15, 0.2) is 11.6 Å². The maximum Gasteiger partial charge on any atom is 0.0881 e. The SMILES string of the molecule is CC(C)N1CCC(O)(C2=CCCCCCC2)CC1. The Morgan fingerprint density at radius 3 is 2.44 bits per heavy atom. The van der Waals surface area contributed by atoms with E-state index >= 15 is 0 Å². The van der Waals surface area contributed by atoms with Gasteiger partial charge in [0.2, 0.25) is 0 Å². The summed E-state index contributed by atoms with van der Waals surface area (Å²) in [5.41, 5.74) is 0.869. The van der Waals surface area contributed by atoms with Gasteiger partial charge in [0.15, 0.2) is 0 Å². The summed E-state index contributed by atoms with van der Waals surface area (Å²) < 4.78 is 0. The van der Waals surface area contributed by atoms with Gasteiger partial charge in [0.05, 0.1) is 5.60 Å². The van der Waals surface area contributed by atoms with E-state index in [0.29, 0.717) is 6.04 Å². The molecule has 1 aliphatic carbocycles. The minimum Gasteiger partial charge on any atom is -0.385 e. The van der Waals surface area contributed by atoms with Gasteiger partial charge in [0, 0.05) is 19.1 Å². The molecule has 0 radical (unpaired) electrons. The van der Waals surface area contributed by atoms with Crippen LogP contribution in [0.4, 0.5) is 0 Å². The van der Waals surface area contributed by atoms with Gasteiger partial charge in [-0.1, -0.05) is 18.9 Å². The number of allylic oxidation sites excluding steroid dienone is 1. The molecule has 104 valence electrons. The molecule has 1 fully saturated rings. The van der Waals surface area contributed by atoms with Crippen LogP contribution in [-0.4, -0.2) is 34.7 Å². The van der Waals surface area contributed by atoms with Crippen LogP contribution in [-0.2, 0) is 0 Å². The van der Waals surface area contributed by atoms with E-state index in [0.717, 1.165) is 32.4 Å². The van der Waals surface area contributed by atoms with Crippen molar-refractivity contribution in [3.63, 3.8) is 0 Å². The first kappa shape index (κ1) is 14.1. The second-order valence-corrected chi connectivity index (χ2v) is 6.34. The second-order valence-electron chi connectivity index (χ2n) is 6.34. The van der Waals surface area contributed by atoms with E-state index in [4.69, 9.17) is 0 Å². The largest absolute Gasteiger partial charge is 0.385 e. The Hall–Kier alpha value is -0.340. The van der Waals surface area contributed by atoms with Crippen LogP contribution in [0, 0.1) is 0 Å². The molecule has 0 unspecified atom stereocenters. The third kappa shape index (κ3) is 3.36. The summed E-state index contributed by atoms with van der Waals surface area (Å²) in [4.78, 5) is 2.48. The first-order chi connectivity index (χ1) is 8.62. The summed E-state index contributed by atoms with van der Waals surface area (Å²) in [7, 11) is 0. The average Bonchev–Trinajstić information content (AvgIpc) is 2.28. The molecule has 0 aromatic rings. The van der Waals surface area contributed by atoms with E-state index in [-0.39, 0.29) is 0 Å². The zero-order valence-corrected chi connectivity index (χ0v) is 12.1. The van der Waals surface area contributed by atoms with Gasteiger partial charge < -0.3 is 10.0 Å². The van der Waals surface area contributed by atoms with Gasteiger partial charge in [-0.15, -0.1) is 0 Å². The molecule has 2 heteroatoms. The summed E-state index contributed by atoms with van der Waals surface area (Å²) in [5.74, 6) is 0. The number of hydrogen-bond acceptors (Lipinski definition) is 2. The predicted molar refractivity (Wildman–Crippen MR) is 76.7 cm³/mol. The molecule has 0 aromatic heterocycles. The normalized spacial score (nSPS) is 26.6. The summed E-state index contributed by atoms with van der Waals surface area (Å²) >= 11 is 0. The van der Waals surface area contributed by atoms with Crippen LogP contribution in [0.3, 0.4) is 0 Å². The maximum atomic E-state index is 10.9. The van der Waals surface area contributed by atoms with Crippen LogP contribution < -0.4 is 0 Å². The van der Waals surface area contributed by atoms with Crippen LogP contribution in [0.5, 0.6) is 0 Å². The molecule has 2 aliphatic rings. The van der Waals surface area contributed by atoms with E-state index in [1.165, 1.54) is 37.7 Å². The Labute approximate surface area is 112 Å². The molecule has 0 bridgehead atoms. The standard InChI is InChI=1S/C16H29NO/c1-14(2)17-12-10-16(18,11-13-17)15-8-6-4-3-5-7-9-15/h8,14,18H,3-7,9-13H2,1-2H3. The summed E-state index contributed by atoms with van der Waals surface area (Å²) in [6.45, 7) is 6.59. The van der Waals surface area contributed by atoms with E-state index in [2.05, 4.69) is 24.8 Å². The summed E-state index contributed by atoms with van der Waals surface area (Å²) in [6.07, 6.45) is 11.8. The van der Waals surface area contributed by atoms with Crippen LogP contribution in [0.1, 0.15) is 65.2 Å². The van der Waals surface area contributed by atoms with Crippen LogP contribution >= 0.6 is 0 Å². The van der Waals surface area contributed by atoms with E-state index in [9.17, 15) is 5.11 Å². The van der Waals surface area contributed by atoms with Gasteiger partial charge in [-0.2, -0.15) is 0 Å². The molecule has 0 aromatic carbocycles. The molecular formula is C16H29NO. The monoisotopic (exact) mass is 251 g/mol. The molecule has 18 heavy (non-hydrogen) atoms. The fourth-order valence-corrected chi connectivity index (χ4v) is 3.35. The zero-order valence-electron chi connectivity index (χ0n) is 12.1. The van der Waals surface area contributed by atoms with Gasteiger partial charge in [-0.3, -0.25) is 0 Å². The molecule has 2 rings (SSSR count). The van der Waals surface area contributed by atoms with Crippen molar-refractivity contribution in [2.24, 2.45) is 0 Å². The number of piperidine rings is 1. The molecule has 0 atom stereocenters. The minimum absolute atomic E-state index is 0.483. The minimum atomic E-state index is -0.483. The van der Waals surface area contributed by atoms with Crippen LogP contribution in [0.25, 0.3) is 0 Å². The lowest BCUT2D eigenvalue weighted by Crippen LogP contribution is -2.47. The Kier molecular flexibility index (Phi) is 4.85. The fraction of sp³-hybridized carbons (Fsp3) is 0.875. The Morgan fingerprint density at radius 1 is 1.11 bits per heavy atom. The number of hydrogen-bond donors (Lipinski definition) is 1. The Balaban J connectivity index is 1.98. The maximum absolute atomic E-state index is 10.9. The molecular weight excluding hydrogens is 222 g/mol. The van der Waals surface area contributed by atoms with Crippen molar-refractivity contribution >= 4 is 0 Å². The zero-order chi connectivity index (χ0) is 13.0. The van der Waals surface area contributed by atoms with Crippen molar-refractivity contribution in [2.75, 3.05) is 13.1 Å². The quantitative estimate of drug-likeness (QED) is 0.759. The number of nitrogens with zero attached hydrogens (tertiary/aromatic N) is 1. The smallest absolute Gasteiger partial charge is 0.0881 e. The first-order valence-corrected chi connectivity index (χ1v) is 7.78. The fourth-order valence-electron chi connectivity index (χ4n) is 3.35. The molecule has 0 amide bonds. The molecule has 1 heterocycles. The third-order valence-electron chi connectivity index (χ3n) is 4.74. The topological polar surface area (TPSA) is 23.5 Å². The average molecular weight is 251 g/mol. The molecule has 1 aliphatic heterocycles. The van der Waals surface area contributed by atoms with Crippen molar-refractivity contribution in [3.05, 3.63) is 11.6 Å². The number of aliphatic hydroxyl groups is 1. The van der Waals surface area contributed by atoms with Crippen molar-refractivity contribution in [3.8, 4) is 0 Å². The molecule has 1 N–H and O–H groups in total. The van der Waals surface area contributed by atoms with E-state index < -0.39 is 5.60 Å². The van der Waals surface area contributed by atoms with Crippen LogP contribution in [0.2, 0.25) is 0 Å². The lowest BCUT2D eigenvalue weighted by atomic mass is 9.80. The molecule has 0 spiro atoms. The molecule has 1 saturated heterocycles. The van der Waals surface area contributed by atoms with Crippen molar-refractivity contribution in [2.45, 2.75) is 76.9 Å². The summed E-state index contributed by atoms with van der Waals surface area (Å²) in [6, 6.07) is 0.612. The van der Waals surface area contributed by atoms with Gasteiger partial charge >= 0.3 is 0 Å². The molecule has 2 nitrogen and oxygen atoms in total. The van der Waals surface area contributed by atoms with Crippen molar-refractivity contribution in [1.82, 2.24) is 4.90 Å². The Morgan fingerprint density at radius 2 is 1.78 bits per heavy atom. The van der Waals surface area contributed by atoms with E-state index in [1.54, 1.807) is 0 Å². The van der Waals surface area contributed by atoms with Gasteiger partial charge in [0.1, 0.15) is 0 Å². The second kappa shape index (κ2) is 6.21. The lowest BCUT2D eigenvalue weighted by Gasteiger charge is -2.41. The number of likely N-dealkylation sites (tertiary alicyclic amines) is 1. The van der Waals surface area contributed by atoms with Crippen molar-refractivity contribution in [1.29, 1.82) is 0 Å².